The summed E-state index contributed by atoms with van der Waals surface area (Å²) in [6.45, 7) is 14.6. The van der Waals surface area contributed by atoms with Crippen molar-refractivity contribution in [1.29, 1.82) is 0 Å². The lowest BCUT2D eigenvalue weighted by Gasteiger charge is -2.23. The lowest BCUT2D eigenvalue weighted by Crippen LogP contribution is -2.50. The lowest BCUT2D eigenvalue weighted by molar-refractivity contribution is -0.140. The maximum absolute atomic E-state index is 11.5. The first-order chi connectivity index (χ1) is 15.6. The normalized spacial score (nSPS) is 13.1. The molecule has 14 nitrogen and oxygen atoms in total. The Hall–Kier alpha value is -3.29. The van der Waals surface area contributed by atoms with Crippen LogP contribution in [0.2, 0.25) is 0 Å². The smallest absolute Gasteiger partial charge is 0.408 e. The number of rotatable bonds is 7. The van der Waals surface area contributed by atoms with Crippen LogP contribution >= 0.6 is 0 Å². The minimum Gasteiger partial charge on any atom is -0.480 e. The summed E-state index contributed by atoms with van der Waals surface area (Å²) in [4.78, 5) is 55.5. The van der Waals surface area contributed by atoms with Crippen molar-refractivity contribution in [3.63, 3.8) is 0 Å². The van der Waals surface area contributed by atoms with Gasteiger partial charge < -0.3 is 46.1 Å². The van der Waals surface area contributed by atoms with Gasteiger partial charge in [-0.15, -0.1) is 0 Å². The minimum absolute atomic E-state index is 0.172. The first-order valence-electron chi connectivity index (χ1n) is 10.7. The van der Waals surface area contributed by atoms with Gasteiger partial charge >= 0.3 is 30.2 Å². The number of hydrogen-bond acceptors (Lipinski definition) is 9. The maximum atomic E-state index is 11.5. The van der Waals surface area contributed by atoms with Gasteiger partial charge in [0.25, 0.3) is 0 Å². The number of amides is 3. The zero-order valence-electron chi connectivity index (χ0n) is 21.8. The van der Waals surface area contributed by atoms with E-state index < -0.39 is 59.1 Å². The molecule has 204 valence electrons. The predicted octanol–water partition coefficient (Wildman–Crippen LogP) is 1.41. The van der Waals surface area contributed by atoms with Crippen molar-refractivity contribution >= 4 is 30.2 Å². The van der Waals surface area contributed by atoms with Crippen molar-refractivity contribution < 1.29 is 48.4 Å². The summed E-state index contributed by atoms with van der Waals surface area (Å²) < 4.78 is 14.8. The molecule has 0 aliphatic rings. The molecule has 0 radical (unpaired) electrons. The molecule has 0 spiro atoms. The Bertz CT molecular complexity index is 736. The van der Waals surface area contributed by atoms with Crippen LogP contribution in [0.25, 0.3) is 0 Å². The molecule has 14 heteroatoms. The standard InChI is InChI=1S/C13H24N2O6.C8H16N2O4/c1-12(2,3)20-10(18)14-7-8(9(16)17)15-11(19)21-13(4,5)6;1-8(2,3)14-7(13)10-5(4-9)6(11)12/h8H,7H2,1-6H3,(H,14,18)(H,15,19)(H,16,17);5H,4,9H2,1-3H3,(H,10,13)(H,11,12)/t8-;5-/m11/s1. The van der Waals surface area contributed by atoms with Crippen LogP contribution in [0.1, 0.15) is 62.3 Å². The highest BCUT2D eigenvalue weighted by Crippen LogP contribution is 2.08. The number of aliphatic carboxylic acids is 2. The van der Waals surface area contributed by atoms with Gasteiger partial charge in [0.1, 0.15) is 28.9 Å². The van der Waals surface area contributed by atoms with E-state index in [0.717, 1.165) is 0 Å². The number of nitrogens with one attached hydrogen (secondary N) is 3. The molecule has 0 fully saturated rings. The van der Waals surface area contributed by atoms with Crippen LogP contribution in [-0.4, -0.2) is 82.4 Å². The van der Waals surface area contributed by atoms with E-state index >= 15 is 0 Å². The fraction of sp³-hybridized carbons (Fsp3) is 0.762. The van der Waals surface area contributed by atoms with Crippen molar-refractivity contribution in [3.05, 3.63) is 0 Å². The third-order valence-electron chi connectivity index (χ3n) is 3.06. The average molecular weight is 509 g/mol. The number of nitrogens with two attached hydrogens (primary N) is 1. The summed E-state index contributed by atoms with van der Waals surface area (Å²) in [5.74, 6) is -2.48. The Balaban J connectivity index is 0. The SMILES string of the molecule is CC(C)(C)OC(=O)NC[C@@H](NC(=O)OC(C)(C)C)C(=O)O.CC(C)(C)OC(=O)N[C@H](CN)C(=O)O. The molecule has 0 bridgehead atoms. The molecular weight excluding hydrogens is 468 g/mol. The van der Waals surface area contributed by atoms with Crippen molar-refractivity contribution in [3.8, 4) is 0 Å². The lowest BCUT2D eigenvalue weighted by atomic mass is 10.2. The molecule has 7 N–H and O–H groups in total. The van der Waals surface area contributed by atoms with Gasteiger partial charge in [0.05, 0.1) is 6.54 Å². The van der Waals surface area contributed by atoms with Crippen LogP contribution in [0.3, 0.4) is 0 Å². The van der Waals surface area contributed by atoms with E-state index in [1.165, 1.54) is 0 Å². The zero-order chi connectivity index (χ0) is 28.2. The van der Waals surface area contributed by atoms with Gasteiger partial charge in [-0.05, 0) is 62.3 Å². The molecule has 35 heavy (non-hydrogen) atoms. The van der Waals surface area contributed by atoms with Crippen LogP contribution in [0.5, 0.6) is 0 Å². The highest BCUT2D eigenvalue weighted by molar-refractivity contribution is 5.81. The molecular formula is C21H40N4O10. The Kier molecular flexibility index (Phi) is 13.7. The van der Waals surface area contributed by atoms with E-state index in [0.29, 0.717) is 0 Å². The Labute approximate surface area is 205 Å². The highest BCUT2D eigenvalue weighted by atomic mass is 16.6. The van der Waals surface area contributed by atoms with E-state index in [1.807, 2.05) is 0 Å². The van der Waals surface area contributed by atoms with Gasteiger partial charge in [0.15, 0.2) is 0 Å². The van der Waals surface area contributed by atoms with Gasteiger partial charge in [-0.3, -0.25) is 0 Å². The van der Waals surface area contributed by atoms with Crippen LogP contribution in [-0.2, 0) is 23.8 Å². The molecule has 0 aromatic rings. The first-order valence-corrected chi connectivity index (χ1v) is 10.7. The number of carbonyl (C=O) groups excluding carboxylic acids is 3. The number of ether oxygens (including phenoxy) is 3. The molecule has 2 atom stereocenters. The second-order valence-electron chi connectivity index (χ2n) is 10.2. The van der Waals surface area contributed by atoms with Gasteiger partial charge in [-0.1, -0.05) is 0 Å². The quantitative estimate of drug-likeness (QED) is 0.270. The molecule has 0 rings (SSSR count). The predicted molar refractivity (Wildman–Crippen MR) is 125 cm³/mol. The molecule has 0 unspecified atom stereocenters. The van der Waals surface area contributed by atoms with Gasteiger partial charge in [0.2, 0.25) is 0 Å². The second-order valence-corrected chi connectivity index (χ2v) is 10.2. The van der Waals surface area contributed by atoms with Crippen molar-refractivity contribution in [2.45, 2.75) is 91.2 Å². The van der Waals surface area contributed by atoms with E-state index in [4.69, 9.17) is 30.2 Å². The molecule has 0 saturated carbocycles. The van der Waals surface area contributed by atoms with E-state index in [9.17, 15) is 24.0 Å². The van der Waals surface area contributed by atoms with E-state index in [1.54, 1.807) is 62.3 Å². The first kappa shape index (κ1) is 33.9. The number of hydrogen-bond donors (Lipinski definition) is 6. The van der Waals surface area contributed by atoms with Gasteiger partial charge in [0, 0.05) is 6.54 Å². The molecule has 0 aliphatic carbocycles. The van der Waals surface area contributed by atoms with Crippen molar-refractivity contribution in [2.24, 2.45) is 5.73 Å². The average Bonchev–Trinajstić information content (AvgIpc) is 2.58. The number of carbonyl (C=O) groups is 5. The largest absolute Gasteiger partial charge is 0.480 e. The third kappa shape index (κ3) is 21.0. The van der Waals surface area contributed by atoms with E-state index in [-0.39, 0.29) is 13.1 Å². The summed E-state index contributed by atoms with van der Waals surface area (Å²) in [7, 11) is 0. The maximum Gasteiger partial charge on any atom is 0.408 e. The topological polar surface area (TPSA) is 216 Å². The summed E-state index contributed by atoms with van der Waals surface area (Å²) in [5.41, 5.74) is 3.05. The van der Waals surface area contributed by atoms with Crippen LogP contribution in [0.15, 0.2) is 0 Å². The van der Waals surface area contributed by atoms with E-state index in [2.05, 4.69) is 16.0 Å². The van der Waals surface area contributed by atoms with Crippen LogP contribution in [0, 0.1) is 0 Å². The summed E-state index contributed by atoms with van der Waals surface area (Å²) in [6.07, 6.45) is -2.42. The van der Waals surface area contributed by atoms with Crippen molar-refractivity contribution in [2.75, 3.05) is 13.1 Å². The third-order valence-corrected chi connectivity index (χ3v) is 3.06. The minimum atomic E-state index is -1.31. The second kappa shape index (κ2) is 14.2. The van der Waals surface area contributed by atoms with Gasteiger partial charge in [-0.2, -0.15) is 0 Å². The molecule has 0 aliphatic heterocycles. The fourth-order valence-corrected chi connectivity index (χ4v) is 1.82. The Morgan fingerprint density at radius 1 is 0.657 bits per heavy atom. The summed E-state index contributed by atoms with van der Waals surface area (Å²) >= 11 is 0. The Morgan fingerprint density at radius 2 is 0.971 bits per heavy atom. The number of carboxylic acid groups (broad SMARTS) is 2. The fourth-order valence-electron chi connectivity index (χ4n) is 1.82. The van der Waals surface area contributed by atoms with Gasteiger partial charge in [-0.25, -0.2) is 24.0 Å². The summed E-state index contributed by atoms with van der Waals surface area (Å²) in [6, 6.07) is -2.42. The van der Waals surface area contributed by atoms with Crippen LogP contribution < -0.4 is 21.7 Å². The monoisotopic (exact) mass is 508 g/mol. The number of alkyl carbamates (subject to hydrolysis) is 3. The van der Waals surface area contributed by atoms with Crippen LogP contribution in [0.4, 0.5) is 14.4 Å². The molecule has 0 aromatic heterocycles. The Morgan fingerprint density at radius 3 is 1.26 bits per heavy atom. The zero-order valence-corrected chi connectivity index (χ0v) is 21.8. The molecule has 0 aromatic carbocycles. The number of carboxylic acids is 2. The molecule has 0 heterocycles. The molecule has 3 amide bonds. The highest BCUT2D eigenvalue weighted by Gasteiger charge is 2.25. The molecule has 0 saturated heterocycles. The summed E-state index contributed by atoms with van der Waals surface area (Å²) in [5, 5.41) is 24.1. The van der Waals surface area contributed by atoms with Crippen molar-refractivity contribution in [1.82, 2.24) is 16.0 Å².